The molecule has 0 unspecified atom stereocenters. The summed E-state index contributed by atoms with van der Waals surface area (Å²) in [6.07, 6.45) is -8.56. The van der Waals surface area contributed by atoms with Crippen molar-refractivity contribution in [2.24, 2.45) is 5.73 Å². The first-order valence-electron chi connectivity index (χ1n) is 13.2. The molecule has 3 heterocycles. The molecule has 4 aromatic rings. The van der Waals surface area contributed by atoms with E-state index >= 15 is 0 Å². The van der Waals surface area contributed by atoms with Crippen molar-refractivity contribution in [1.82, 2.24) is 24.6 Å². The van der Waals surface area contributed by atoms with Gasteiger partial charge in [0.05, 0.1) is 15.8 Å². The number of nitrogens with one attached hydrogen (secondary N) is 1. The van der Waals surface area contributed by atoms with Crippen LogP contribution in [0.15, 0.2) is 59.6 Å². The average molecular weight is 706 g/mol. The maximum absolute atomic E-state index is 13.7. The monoisotopic (exact) mass is 705 g/mol. The van der Waals surface area contributed by atoms with Crippen molar-refractivity contribution in [2.75, 3.05) is 24.5 Å². The van der Waals surface area contributed by atoms with E-state index in [1.54, 1.807) is 4.90 Å². The number of aromatic nitrogens is 3. The maximum Gasteiger partial charge on any atom is 0.573 e. The minimum absolute atomic E-state index is 0.0227. The van der Waals surface area contributed by atoms with Gasteiger partial charge in [-0.25, -0.2) is 18.4 Å². The number of sulfonamides is 1. The van der Waals surface area contributed by atoms with Gasteiger partial charge in [-0.3, -0.25) is 9.59 Å². The molecule has 0 aliphatic carbocycles. The Balaban J connectivity index is 1.39. The van der Waals surface area contributed by atoms with Gasteiger partial charge in [0.2, 0.25) is 21.8 Å². The highest BCUT2D eigenvalue weighted by atomic mass is 32.2. The van der Waals surface area contributed by atoms with Crippen molar-refractivity contribution >= 4 is 48.7 Å². The van der Waals surface area contributed by atoms with Crippen molar-refractivity contribution in [3.63, 3.8) is 0 Å². The van der Waals surface area contributed by atoms with Crippen molar-refractivity contribution in [3.05, 3.63) is 66.1 Å². The quantitative estimate of drug-likeness (QED) is 0.247. The molecule has 250 valence electrons. The van der Waals surface area contributed by atoms with E-state index in [1.807, 2.05) is 0 Å². The first-order valence-corrected chi connectivity index (χ1v) is 15.4. The van der Waals surface area contributed by atoms with E-state index in [4.69, 9.17) is 5.73 Å². The molecule has 47 heavy (non-hydrogen) atoms. The lowest BCUT2D eigenvalue weighted by Gasteiger charge is -2.39. The van der Waals surface area contributed by atoms with Crippen molar-refractivity contribution in [1.29, 1.82) is 0 Å². The largest absolute Gasteiger partial charge is 0.573 e. The third kappa shape index (κ3) is 8.16. The van der Waals surface area contributed by atoms with Crippen LogP contribution in [0, 0.1) is 0 Å². The highest BCUT2D eigenvalue weighted by Gasteiger charge is 2.41. The molecule has 0 spiro atoms. The molecule has 1 atom stereocenters. The van der Waals surface area contributed by atoms with Crippen molar-refractivity contribution in [2.45, 2.75) is 30.2 Å². The third-order valence-electron chi connectivity index (χ3n) is 6.55. The molecule has 2 aromatic heterocycles. The van der Waals surface area contributed by atoms with E-state index in [0.717, 1.165) is 52.0 Å². The topological polar surface area (TPSA) is 170 Å². The average Bonchev–Trinajstić information content (AvgIpc) is 3.43. The second kappa shape index (κ2) is 12.8. The van der Waals surface area contributed by atoms with Gasteiger partial charge in [0, 0.05) is 26.2 Å². The van der Waals surface area contributed by atoms with Crippen LogP contribution < -0.4 is 25.4 Å². The first kappa shape index (κ1) is 33.6. The number of nitrogens with zero attached hydrogens (tertiary/aromatic N) is 5. The molecule has 0 radical (unpaired) electrons. The van der Waals surface area contributed by atoms with Gasteiger partial charge in [-0.1, -0.05) is 23.5 Å². The number of fused-ring (bicyclic) bond motifs is 1. The second-order valence-corrected chi connectivity index (χ2v) is 12.6. The highest BCUT2D eigenvalue weighted by Crippen LogP contribution is 2.32. The Bertz CT molecular complexity index is 1890. The number of rotatable bonds is 9. The zero-order chi connectivity index (χ0) is 34.1. The highest BCUT2D eigenvalue weighted by molar-refractivity contribution is 7.89. The number of halogens is 6. The molecule has 1 fully saturated rings. The molecule has 1 aliphatic heterocycles. The Morgan fingerprint density at radius 1 is 0.936 bits per heavy atom. The predicted octanol–water partition coefficient (Wildman–Crippen LogP) is 3.18. The van der Waals surface area contributed by atoms with Crippen LogP contribution in [-0.2, 0) is 21.4 Å². The minimum atomic E-state index is -5.00. The number of alkyl halides is 6. The van der Waals surface area contributed by atoms with Gasteiger partial charge < -0.3 is 25.4 Å². The van der Waals surface area contributed by atoms with Gasteiger partial charge in [-0.15, -0.1) is 26.3 Å². The fourth-order valence-corrected chi connectivity index (χ4v) is 6.97. The fraction of sp³-hybridized carbons (Fsp3) is 0.269. The summed E-state index contributed by atoms with van der Waals surface area (Å²) in [5.41, 5.74) is 5.74. The third-order valence-corrected chi connectivity index (χ3v) is 9.51. The van der Waals surface area contributed by atoms with E-state index in [9.17, 15) is 44.3 Å². The number of thiazole rings is 1. The zero-order valence-corrected chi connectivity index (χ0v) is 25.1. The summed E-state index contributed by atoms with van der Waals surface area (Å²) in [6.45, 7) is -0.687. The van der Waals surface area contributed by atoms with Gasteiger partial charge in [-0.2, -0.15) is 9.29 Å². The van der Waals surface area contributed by atoms with E-state index in [0.29, 0.717) is 15.4 Å². The van der Waals surface area contributed by atoms with Crippen LogP contribution in [-0.4, -0.2) is 77.9 Å². The summed E-state index contributed by atoms with van der Waals surface area (Å²) in [5, 5.41) is 2.89. The minimum Gasteiger partial charge on any atom is -0.406 e. The number of carbonyl (C=O) groups is 2. The van der Waals surface area contributed by atoms with Crippen LogP contribution in [0.5, 0.6) is 11.5 Å². The number of hydrogen-bond acceptors (Lipinski definition) is 11. The molecule has 13 nitrogen and oxygen atoms in total. The standard InChI is InChI=1S/C26H21F6N7O6S2/c27-25(28,29)44-15-3-1-14(2-4-15)11-35-23(41)18-13-38(24-37-21-19(46-24)12-34-22(36-21)20(33)40)9-10-39(18)47(42,43)17-7-5-16(6-8-17)45-26(30,31)32/h1-8,12,18H,9-11,13H2,(H2,33,40)(H,35,41)/t18-/m1/s1. The van der Waals surface area contributed by atoms with Crippen molar-refractivity contribution in [3.8, 4) is 11.5 Å². The number of carbonyl (C=O) groups excluding carboxylic acids is 2. The van der Waals surface area contributed by atoms with Crippen molar-refractivity contribution < 1.29 is 53.8 Å². The van der Waals surface area contributed by atoms with E-state index in [-0.39, 0.29) is 37.7 Å². The van der Waals surface area contributed by atoms with E-state index in [2.05, 4.69) is 29.7 Å². The van der Waals surface area contributed by atoms with E-state index in [1.165, 1.54) is 18.3 Å². The smallest absolute Gasteiger partial charge is 0.406 e. The Morgan fingerprint density at radius 3 is 2.11 bits per heavy atom. The van der Waals surface area contributed by atoms with Gasteiger partial charge in [0.25, 0.3) is 5.91 Å². The molecule has 1 aliphatic rings. The Kier molecular flexibility index (Phi) is 9.15. The summed E-state index contributed by atoms with van der Waals surface area (Å²) < 4.78 is 112. The summed E-state index contributed by atoms with van der Waals surface area (Å²) in [5.74, 6) is -3.07. The molecule has 1 saturated heterocycles. The maximum atomic E-state index is 13.7. The zero-order valence-electron chi connectivity index (χ0n) is 23.4. The van der Waals surface area contributed by atoms with Gasteiger partial charge >= 0.3 is 12.7 Å². The summed E-state index contributed by atoms with van der Waals surface area (Å²) in [7, 11) is -4.47. The van der Waals surface area contributed by atoms with Gasteiger partial charge in [0.1, 0.15) is 17.5 Å². The number of anilines is 1. The number of ether oxygens (including phenoxy) is 2. The summed E-state index contributed by atoms with van der Waals surface area (Å²) in [6, 6.07) is 6.68. The predicted molar refractivity (Wildman–Crippen MR) is 152 cm³/mol. The normalized spacial score (nSPS) is 16.2. The molecule has 2 aromatic carbocycles. The van der Waals surface area contributed by atoms with Crippen LogP contribution in [0.3, 0.4) is 0 Å². The SMILES string of the molecule is NC(=O)c1ncc2sc(N3CCN(S(=O)(=O)c4ccc(OC(F)(F)F)cc4)[C@@H](C(=O)NCc4ccc(OC(F)(F)F)cc4)C3)nc2n1. The van der Waals surface area contributed by atoms with Crippen LogP contribution in [0.4, 0.5) is 31.5 Å². The number of primary amides is 1. The number of benzene rings is 2. The molecule has 2 amide bonds. The molecule has 3 N–H and O–H groups in total. The Hall–Kier alpha value is -4.76. The molecular weight excluding hydrogens is 684 g/mol. The lowest BCUT2D eigenvalue weighted by atomic mass is 10.1. The molecule has 0 bridgehead atoms. The number of amides is 2. The van der Waals surface area contributed by atoms with Crippen LogP contribution in [0.1, 0.15) is 16.2 Å². The van der Waals surface area contributed by atoms with Gasteiger partial charge in [0.15, 0.2) is 10.8 Å². The number of hydrogen-bond donors (Lipinski definition) is 2. The lowest BCUT2D eigenvalue weighted by molar-refractivity contribution is -0.275. The van der Waals surface area contributed by atoms with Crippen LogP contribution >= 0.6 is 11.3 Å². The van der Waals surface area contributed by atoms with Gasteiger partial charge in [-0.05, 0) is 42.0 Å². The lowest BCUT2D eigenvalue weighted by Crippen LogP contribution is -2.60. The number of piperazine rings is 1. The molecule has 5 rings (SSSR count). The molecule has 21 heteroatoms. The second-order valence-electron chi connectivity index (χ2n) is 9.75. The van der Waals surface area contributed by atoms with Crippen LogP contribution in [0.2, 0.25) is 0 Å². The number of nitrogens with two attached hydrogens (primary N) is 1. The summed E-state index contributed by atoms with van der Waals surface area (Å²) >= 11 is 1.10. The fourth-order valence-electron chi connectivity index (χ4n) is 4.49. The van der Waals surface area contributed by atoms with E-state index < -0.39 is 57.0 Å². The molecule has 0 saturated carbocycles. The van der Waals surface area contributed by atoms with Crippen LogP contribution in [0.25, 0.3) is 10.3 Å². The summed E-state index contributed by atoms with van der Waals surface area (Å²) in [4.78, 5) is 38.5. The first-order chi connectivity index (χ1) is 22.0. The Morgan fingerprint density at radius 2 is 1.53 bits per heavy atom. The molecular formula is C26H21F6N7O6S2. The Labute approximate surface area is 265 Å².